The predicted molar refractivity (Wildman–Crippen MR) is 128 cm³/mol. The number of ketones is 1. The summed E-state index contributed by atoms with van der Waals surface area (Å²) in [6.07, 6.45) is -10.3. The topological polar surface area (TPSA) is 37.4 Å². The van der Waals surface area contributed by atoms with E-state index in [1.165, 1.54) is 0 Å². The second kappa shape index (κ2) is 12.2. The average Bonchev–Trinajstić information content (AvgIpc) is 2.76. The summed E-state index contributed by atoms with van der Waals surface area (Å²) in [6.45, 7) is -1.49. The minimum absolute atomic E-state index is 0.168. The standard InChI is InChI=1S/C23H16Cl4F7NO2/c1-35(10-22(29,30)31)20(37)5-4-19(36)13-3-2-11(6-15(13)24)18(28)9-14(23(32,33)34)12-7-16(25)21(27)17(26)8-12/h2-3,6-9,14H,4-5,10H2,1H3/b18-9-. The lowest BCUT2D eigenvalue weighted by Gasteiger charge is -2.19. The van der Waals surface area contributed by atoms with Gasteiger partial charge in [-0.2, -0.15) is 26.3 Å². The van der Waals surface area contributed by atoms with Crippen LogP contribution in [0.15, 0.2) is 36.4 Å². The molecule has 14 heteroatoms. The Hall–Kier alpha value is -2.01. The van der Waals surface area contributed by atoms with Crippen molar-refractivity contribution >= 4 is 63.9 Å². The van der Waals surface area contributed by atoms with Crippen LogP contribution in [0, 0.1) is 0 Å². The van der Waals surface area contributed by atoms with E-state index in [0.29, 0.717) is 4.90 Å². The third-order valence-electron chi connectivity index (χ3n) is 4.98. The van der Waals surface area contributed by atoms with Gasteiger partial charge in [0.25, 0.3) is 0 Å². The number of Topliss-reactive ketones (excluding diaryl/α,β-unsaturated/α-hetero) is 1. The van der Waals surface area contributed by atoms with Gasteiger partial charge in [-0.25, -0.2) is 4.39 Å². The fourth-order valence-electron chi connectivity index (χ4n) is 3.17. The Labute approximate surface area is 226 Å². The maximum absolute atomic E-state index is 14.9. The number of allylic oxidation sites excluding steroid dienone is 1. The number of hydrogen-bond donors (Lipinski definition) is 0. The number of halogens is 11. The fraction of sp³-hybridized carbons (Fsp3) is 0.304. The number of alkyl halides is 6. The number of nitrogens with zero attached hydrogens (tertiary/aromatic N) is 1. The van der Waals surface area contributed by atoms with Crippen molar-refractivity contribution in [1.29, 1.82) is 0 Å². The van der Waals surface area contributed by atoms with E-state index in [9.17, 15) is 40.3 Å². The number of benzene rings is 2. The summed E-state index contributed by atoms with van der Waals surface area (Å²) in [5, 5.41) is -1.02. The van der Waals surface area contributed by atoms with Gasteiger partial charge in [0.05, 0.1) is 20.1 Å². The molecule has 37 heavy (non-hydrogen) atoms. The van der Waals surface area contributed by atoms with Crippen LogP contribution in [0.5, 0.6) is 0 Å². The van der Waals surface area contributed by atoms with Gasteiger partial charge in [0, 0.05) is 31.0 Å². The van der Waals surface area contributed by atoms with Crippen LogP contribution in [0.2, 0.25) is 20.1 Å². The first kappa shape index (κ1) is 31.2. The first-order valence-electron chi connectivity index (χ1n) is 10.1. The van der Waals surface area contributed by atoms with Crippen molar-refractivity contribution in [2.45, 2.75) is 31.1 Å². The molecular weight excluding hydrogens is 597 g/mol. The van der Waals surface area contributed by atoms with Crippen molar-refractivity contribution < 1.29 is 40.3 Å². The van der Waals surface area contributed by atoms with Crippen LogP contribution in [-0.2, 0) is 4.79 Å². The summed E-state index contributed by atoms with van der Waals surface area (Å²) in [6, 6.07) is 4.75. The van der Waals surface area contributed by atoms with Gasteiger partial charge in [0.2, 0.25) is 5.91 Å². The van der Waals surface area contributed by atoms with Gasteiger partial charge in [-0.1, -0.05) is 52.5 Å². The molecular formula is C23H16Cl4F7NO2. The second-order valence-corrected chi connectivity index (χ2v) is 9.41. The van der Waals surface area contributed by atoms with Crippen molar-refractivity contribution in [2.24, 2.45) is 0 Å². The highest BCUT2D eigenvalue weighted by Crippen LogP contribution is 2.42. The molecule has 1 unspecified atom stereocenters. The molecule has 0 heterocycles. The molecule has 2 rings (SSSR count). The van der Waals surface area contributed by atoms with Gasteiger partial charge in [-0.15, -0.1) is 0 Å². The van der Waals surface area contributed by atoms with Gasteiger partial charge in [-0.05, 0) is 35.9 Å². The molecule has 2 aromatic rings. The Balaban J connectivity index is 2.24. The number of rotatable bonds is 8. The Morgan fingerprint density at radius 2 is 1.49 bits per heavy atom. The number of carbonyl (C=O) groups excluding carboxylic acids is 2. The molecule has 0 N–H and O–H groups in total. The molecule has 0 radical (unpaired) electrons. The first-order valence-corrected chi connectivity index (χ1v) is 11.6. The Bertz CT molecular complexity index is 1190. The van der Waals surface area contributed by atoms with E-state index in [-0.39, 0.29) is 37.3 Å². The lowest BCUT2D eigenvalue weighted by Crippen LogP contribution is -2.35. The highest BCUT2D eigenvalue weighted by Gasteiger charge is 2.40. The molecule has 0 saturated heterocycles. The van der Waals surface area contributed by atoms with Crippen LogP contribution in [0.3, 0.4) is 0 Å². The number of carbonyl (C=O) groups is 2. The SMILES string of the molecule is CN(CC(F)(F)F)C(=O)CCC(=O)c1ccc(/C(F)=C/C(c2cc(Cl)c(Cl)c(Cl)c2)C(F)(F)F)cc1Cl. The van der Waals surface area contributed by atoms with Crippen LogP contribution < -0.4 is 0 Å². The molecule has 0 aliphatic heterocycles. The molecule has 1 amide bonds. The van der Waals surface area contributed by atoms with E-state index in [1.807, 2.05) is 0 Å². The average molecular weight is 613 g/mol. The summed E-state index contributed by atoms with van der Waals surface area (Å²) in [7, 11) is 0.928. The molecule has 1 atom stereocenters. The highest BCUT2D eigenvalue weighted by atomic mass is 35.5. The van der Waals surface area contributed by atoms with Gasteiger partial charge in [0.1, 0.15) is 18.3 Å². The summed E-state index contributed by atoms with van der Waals surface area (Å²) < 4.78 is 93.1. The summed E-state index contributed by atoms with van der Waals surface area (Å²) >= 11 is 23.4. The van der Waals surface area contributed by atoms with Crippen molar-refractivity contribution in [3.63, 3.8) is 0 Å². The molecule has 202 valence electrons. The smallest absolute Gasteiger partial charge is 0.337 e. The van der Waals surface area contributed by atoms with Crippen LogP contribution in [-0.4, -0.2) is 42.5 Å². The first-order chi connectivity index (χ1) is 16.9. The minimum atomic E-state index is -4.94. The van der Waals surface area contributed by atoms with Gasteiger partial charge in [-0.3, -0.25) is 9.59 Å². The molecule has 3 nitrogen and oxygen atoms in total. The second-order valence-electron chi connectivity index (χ2n) is 7.82. The largest absolute Gasteiger partial charge is 0.406 e. The lowest BCUT2D eigenvalue weighted by atomic mass is 9.96. The molecule has 0 bridgehead atoms. The number of hydrogen-bond acceptors (Lipinski definition) is 2. The Morgan fingerprint density at radius 1 is 0.919 bits per heavy atom. The van der Waals surface area contributed by atoms with E-state index in [1.54, 1.807) is 0 Å². The molecule has 0 aliphatic rings. The van der Waals surface area contributed by atoms with Crippen LogP contribution >= 0.6 is 46.4 Å². The highest BCUT2D eigenvalue weighted by molar-refractivity contribution is 6.48. The normalized spacial score (nSPS) is 13.5. The van der Waals surface area contributed by atoms with Crippen LogP contribution in [0.1, 0.15) is 40.2 Å². The van der Waals surface area contributed by atoms with Crippen molar-refractivity contribution in [3.8, 4) is 0 Å². The van der Waals surface area contributed by atoms with E-state index in [0.717, 1.165) is 37.4 Å². The zero-order valence-electron chi connectivity index (χ0n) is 18.6. The van der Waals surface area contributed by atoms with Crippen LogP contribution in [0.4, 0.5) is 30.7 Å². The van der Waals surface area contributed by atoms with Crippen LogP contribution in [0.25, 0.3) is 5.83 Å². The third-order valence-corrected chi connectivity index (χ3v) is 6.49. The van der Waals surface area contributed by atoms with Gasteiger partial charge in [0.15, 0.2) is 5.78 Å². The zero-order chi connectivity index (χ0) is 28.3. The quantitative estimate of drug-likeness (QED) is 0.170. The summed E-state index contributed by atoms with van der Waals surface area (Å²) in [5.74, 6) is -5.45. The minimum Gasteiger partial charge on any atom is -0.337 e. The monoisotopic (exact) mass is 611 g/mol. The Kier molecular flexibility index (Phi) is 10.3. The van der Waals surface area contributed by atoms with Gasteiger partial charge >= 0.3 is 12.4 Å². The Morgan fingerprint density at radius 3 is 1.97 bits per heavy atom. The molecule has 0 saturated carbocycles. The zero-order valence-corrected chi connectivity index (χ0v) is 21.6. The maximum Gasteiger partial charge on any atom is 0.406 e. The van der Waals surface area contributed by atoms with Crippen molar-refractivity contribution in [2.75, 3.05) is 13.6 Å². The number of amides is 1. The maximum atomic E-state index is 14.9. The van der Waals surface area contributed by atoms with E-state index in [4.69, 9.17) is 46.4 Å². The fourth-order valence-corrected chi connectivity index (χ4v) is 4.07. The molecule has 0 spiro atoms. The summed E-state index contributed by atoms with van der Waals surface area (Å²) in [5.41, 5.74) is -1.05. The van der Waals surface area contributed by atoms with E-state index >= 15 is 0 Å². The predicted octanol–water partition coefficient (Wildman–Crippen LogP) is 8.94. The molecule has 0 aromatic heterocycles. The molecule has 0 aliphatic carbocycles. The van der Waals surface area contributed by atoms with Crippen molar-refractivity contribution in [3.05, 3.63) is 73.2 Å². The molecule has 2 aromatic carbocycles. The molecule has 0 fully saturated rings. The lowest BCUT2D eigenvalue weighted by molar-refractivity contribution is -0.158. The third kappa shape index (κ3) is 8.77. The van der Waals surface area contributed by atoms with E-state index < -0.39 is 60.7 Å². The van der Waals surface area contributed by atoms with Gasteiger partial charge < -0.3 is 4.90 Å². The van der Waals surface area contributed by atoms with Crippen molar-refractivity contribution in [1.82, 2.24) is 4.90 Å². The van der Waals surface area contributed by atoms with E-state index in [2.05, 4.69) is 0 Å². The summed E-state index contributed by atoms with van der Waals surface area (Å²) in [4.78, 5) is 24.6.